The van der Waals surface area contributed by atoms with E-state index in [9.17, 15) is 39.6 Å². The number of ether oxygens (including phenoxy) is 5. The summed E-state index contributed by atoms with van der Waals surface area (Å²) >= 11 is 0. The lowest BCUT2D eigenvalue weighted by Gasteiger charge is -2.43. The van der Waals surface area contributed by atoms with Crippen LogP contribution >= 0.6 is 0 Å². The number of ketones is 2. The second kappa shape index (κ2) is 25.3. The lowest BCUT2D eigenvalue weighted by molar-refractivity contribution is -0.265. The maximum absolute atomic E-state index is 14.4. The number of allylic oxidation sites excluding steroid dienone is 5. The molecular formula is C50H80N2O13. The summed E-state index contributed by atoms with van der Waals surface area (Å²) < 4.78 is 29.8. The summed E-state index contributed by atoms with van der Waals surface area (Å²) in [6, 6.07) is -1.85. The number of carbonyl (C=O) groups is 4. The second-order valence-electron chi connectivity index (χ2n) is 19.5. The molecule has 0 radical (unpaired) electrons. The topological polar surface area (TPSA) is 225 Å². The number of rotatable bonds is 6. The van der Waals surface area contributed by atoms with Crippen LogP contribution in [0.15, 0.2) is 47.6 Å². The van der Waals surface area contributed by atoms with Crippen molar-refractivity contribution in [2.45, 2.75) is 185 Å². The molecule has 4 rings (SSSR count). The maximum Gasteiger partial charge on any atom is 0.329 e. The maximum atomic E-state index is 14.4. The van der Waals surface area contributed by atoms with Crippen molar-refractivity contribution in [2.24, 2.45) is 35.3 Å². The van der Waals surface area contributed by atoms with Gasteiger partial charge in [-0.2, -0.15) is 0 Å². The van der Waals surface area contributed by atoms with Crippen molar-refractivity contribution in [2.75, 3.05) is 27.9 Å². The Kier molecular flexibility index (Phi) is 21.2. The fourth-order valence-corrected chi connectivity index (χ4v) is 10.1. The van der Waals surface area contributed by atoms with Gasteiger partial charge in [0.1, 0.15) is 24.4 Å². The molecule has 15 nitrogen and oxygen atoms in total. The molecule has 16 atom stereocenters. The summed E-state index contributed by atoms with van der Waals surface area (Å²) in [6.45, 7) is 10.9. The highest BCUT2D eigenvalue weighted by atomic mass is 16.6. The fourth-order valence-electron chi connectivity index (χ4n) is 10.1. The van der Waals surface area contributed by atoms with E-state index in [1.165, 1.54) is 12.0 Å². The highest BCUT2D eigenvalue weighted by Crippen LogP contribution is 2.37. The van der Waals surface area contributed by atoms with Gasteiger partial charge < -0.3 is 54.7 Å². The number of carbonyl (C=O) groups excluding carboxylic acids is 4. The van der Waals surface area contributed by atoms with Crippen molar-refractivity contribution in [3.63, 3.8) is 0 Å². The predicted octanol–water partition coefficient (Wildman–Crippen LogP) is 4.66. The van der Waals surface area contributed by atoms with Crippen molar-refractivity contribution >= 4 is 23.4 Å². The molecule has 0 unspecified atom stereocenters. The van der Waals surface area contributed by atoms with Gasteiger partial charge in [0, 0.05) is 64.5 Å². The minimum absolute atomic E-state index is 0.0191. The zero-order valence-electron chi connectivity index (χ0n) is 40.3. The van der Waals surface area contributed by atoms with E-state index in [2.05, 4.69) is 0 Å². The standard InChI is InChI=1S/C50H80N2O13/c1-29-15-11-10-12-16-30(2)40(61-7)27-36-20-18-34(6)50(60,65-36)47(57)48(58)52-22-14-13-17-38(52)49(59)64-42(37(51)25-35-19-21-39(53)43(26-35)63-9)28-41(62-8)31(3)24-33(5)45(55)46(56)44(54)32(4)23-29/h10-12,15-16,24,29,31-32,34-43,45-46,53,55-56,60H,13-14,17-23,25-28,51H2,1-9H3/b12-10+,15-11+,30-16+,33-24+/t29-,31-,32-,34-,35+,36+,37-,38+,39-,40+,41-,42+,43-,45-,46+,50-/m1/s1. The number of aliphatic hydroxyl groups is 4. The number of nitrogens with zero attached hydrogens (tertiary/aromatic N) is 1. The number of piperidine rings is 1. The molecule has 2 bridgehead atoms. The monoisotopic (exact) mass is 917 g/mol. The molecule has 0 aromatic heterocycles. The van der Waals surface area contributed by atoms with Gasteiger partial charge in [0.05, 0.1) is 30.5 Å². The molecule has 1 aliphatic carbocycles. The Morgan fingerprint density at radius 2 is 1.52 bits per heavy atom. The van der Waals surface area contributed by atoms with Crippen molar-refractivity contribution in [1.29, 1.82) is 0 Å². The molecule has 15 heteroatoms. The van der Waals surface area contributed by atoms with Crippen molar-refractivity contribution in [3.05, 3.63) is 47.6 Å². The summed E-state index contributed by atoms with van der Waals surface area (Å²) in [7, 11) is 4.64. The third kappa shape index (κ3) is 14.4. The van der Waals surface area contributed by atoms with Gasteiger partial charge in [0.25, 0.3) is 11.7 Å². The van der Waals surface area contributed by atoms with Crippen LogP contribution in [0.2, 0.25) is 0 Å². The van der Waals surface area contributed by atoms with Gasteiger partial charge in [-0.25, -0.2) is 4.79 Å². The van der Waals surface area contributed by atoms with Crippen LogP contribution in [0.4, 0.5) is 0 Å². The third-order valence-electron chi connectivity index (χ3n) is 14.4. The van der Waals surface area contributed by atoms with Crippen molar-refractivity contribution in [1.82, 2.24) is 4.90 Å². The number of cyclic esters (lactones) is 1. The summed E-state index contributed by atoms with van der Waals surface area (Å²) in [5, 5.41) is 44.8. The molecule has 4 aliphatic rings. The first kappa shape index (κ1) is 54.5. The molecule has 368 valence electrons. The van der Waals surface area contributed by atoms with Crippen LogP contribution in [0, 0.1) is 29.6 Å². The first-order valence-electron chi connectivity index (χ1n) is 23.8. The SMILES string of the molecule is CO[C@H]1C[C@@H]2CC[C@@H](C)[C@@](O)(O2)C(=O)C(=O)N2CCCC[C@H]2C(=O)O[C@H]([C@H](N)C[C@@H]2CC[C@@H](O)[C@H](OC)C2)C[C@@H](OC)[C@H](C)/C=C(\C)[C@@H](O)[C@@H](O)C(=O)[C@H](C)C[C@H](C)/C=C/C=C/C=C/1C. The lowest BCUT2D eigenvalue weighted by Crippen LogP contribution is -2.61. The van der Waals surface area contributed by atoms with E-state index in [-0.39, 0.29) is 37.3 Å². The average molecular weight is 917 g/mol. The van der Waals surface area contributed by atoms with Gasteiger partial charge in [0.15, 0.2) is 5.78 Å². The van der Waals surface area contributed by atoms with Crippen LogP contribution in [0.25, 0.3) is 0 Å². The first-order valence-corrected chi connectivity index (χ1v) is 23.8. The van der Waals surface area contributed by atoms with E-state index in [1.807, 2.05) is 51.2 Å². The number of hydrogen-bond acceptors (Lipinski definition) is 14. The number of aliphatic hydroxyl groups excluding tert-OH is 3. The summed E-state index contributed by atoms with van der Waals surface area (Å²) in [4.78, 5) is 57.5. The zero-order chi connectivity index (χ0) is 48.2. The van der Waals surface area contributed by atoms with Gasteiger partial charge >= 0.3 is 5.97 Å². The largest absolute Gasteiger partial charge is 0.459 e. The molecule has 65 heavy (non-hydrogen) atoms. The normalized spacial score (nSPS) is 41.5. The average Bonchev–Trinajstić information content (AvgIpc) is 3.29. The van der Waals surface area contributed by atoms with Gasteiger partial charge in [0.2, 0.25) is 5.79 Å². The van der Waals surface area contributed by atoms with E-state index in [1.54, 1.807) is 41.1 Å². The molecule has 2 saturated heterocycles. The fraction of sp³-hybridized carbons (Fsp3) is 0.760. The highest BCUT2D eigenvalue weighted by Gasteiger charge is 2.53. The van der Waals surface area contributed by atoms with E-state index >= 15 is 0 Å². The molecule has 3 aliphatic heterocycles. The smallest absolute Gasteiger partial charge is 0.329 e. The van der Waals surface area contributed by atoms with Crippen LogP contribution in [-0.2, 0) is 42.9 Å². The third-order valence-corrected chi connectivity index (χ3v) is 14.4. The predicted molar refractivity (Wildman–Crippen MR) is 245 cm³/mol. The molecule has 1 amide bonds. The van der Waals surface area contributed by atoms with Gasteiger partial charge in [-0.05, 0) is 101 Å². The molecule has 3 heterocycles. The van der Waals surface area contributed by atoms with Crippen LogP contribution < -0.4 is 5.73 Å². The Balaban J connectivity index is 1.71. The van der Waals surface area contributed by atoms with E-state index in [4.69, 9.17) is 29.4 Å². The van der Waals surface area contributed by atoms with Gasteiger partial charge in [-0.3, -0.25) is 14.4 Å². The highest BCUT2D eigenvalue weighted by molar-refractivity contribution is 6.39. The van der Waals surface area contributed by atoms with Crippen LogP contribution in [0.3, 0.4) is 0 Å². The Bertz CT molecular complexity index is 1710. The quantitative estimate of drug-likeness (QED) is 0.139. The molecular weight excluding hydrogens is 837 g/mol. The minimum Gasteiger partial charge on any atom is -0.459 e. The molecule has 0 aromatic carbocycles. The number of esters is 1. The van der Waals surface area contributed by atoms with Gasteiger partial charge in [-0.15, -0.1) is 0 Å². The van der Waals surface area contributed by atoms with E-state index < -0.39 is 102 Å². The van der Waals surface area contributed by atoms with Crippen LogP contribution in [0.5, 0.6) is 0 Å². The number of methoxy groups -OCH3 is 3. The number of hydrogen-bond donors (Lipinski definition) is 5. The molecule has 1 saturated carbocycles. The van der Waals surface area contributed by atoms with E-state index in [0.29, 0.717) is 69.8 Å². The number of fused-ring (bicyclic) bond motifs is 3. The Morgan fingerprint density at radius 3 is 2.20 bits per heavy atom. The summed E-state index contributed by atoms with van der Waals surface area (Å²) in [5.74, 6) is -7.45. The molecule has 0 aromatic rings. The molecule has 0 spiro atoms. The first-order chi connectivity index (χ1) is 30.7. The molecule has 3 fully saturated rings. The van der Waals surface area contributed by atoms with Crippen molar-refractivity contribution < 1.29 is 63.3 Å². The molecule has 6 N–H and O–H groups in total. The zero-order valence-corrected chi connectivity index (χ0v) is 40.3. The van der Waals surface area contributed by atoms with Crippen LogP contribution in [0.1, 0.15) is 119 Å². The summed E-state index contributed by atoms with van der Waals surface area (Å²) in [6.07, 6.45) is 9.82. The Morgan fingerprint density at radius 1 is 0.815 bits per heavy atom. The number of Topliss-reactive ketones (excluding diaryl/α,β-unsaturated/α-hetero) is 2. The second-order valence-corrected chi connectivity index (χ2v) is 19.5. The Hall–Kier alpha value is -3.12. The number of amides is 1. The van der Waals surface area contributed by atoms with Crippen molar-refractivity contribution in [3.8, 4) is 0 Å². The minimum atomic E-state index is -2.43. The number of nitrogens with two attached hydrogens (primary N) is 1. The lowest BCUT2D eigenvalue weighted by atomic mass is 9.80. The van der Waals surface area contributed by atoms with Gasteiger partial charge in [-0.1, -0.05) is 64.2 Å². The summed E-state index contributed by atoms with van der Waals surface area (Å²) in [5.41, 5.74) is 8.18. The Labute approximate surface area is 386 Å². The van der Waals surface area contributed by atoms with Crippen LogP contribution in [-0.4, -0.2) is 143 Å². The van der Waals surface area contributed by atoms with E-state index in [0.717, 1.165) is 5.57 Å².